The first-order chi connectivity index (χ1) is 20.1. The minimum atomic E-state index is -4.59. The van der Waals surface area contributed by atoms with Crippen LogP contribution < -0.4 is 15.0 Å². The van der Waals surface area contributed by atoms with Gasteiger partial charge in [0.1, 0.15) is 0 Å². The second-order valence-corrected chi connectivity index (χ2v) is 9.11. The van der Waals surface area contributed by atoms with E-state index in [4.69, 9.17) is 14.2 Å². The molecule has 1 aromatic heterocycles. The maximum Gasteiger partial charge on any atom is 0.416 e. The van der Waals surface area contributed by atoms with Gasteiger partial charge in [0.2, 0.25) is 0 Å². The average Bonchev–Trinajstić information content (AvgIpc) is 2.97. The molecule has 218 valence electrons. The van der Waals surface area contributed by atoms with Gasteiger partial charge in [-0.1, -0.05) is 30.3 Å². The number of para-hydroxylation sites is 1. The summed E-state index contributed by atoms with van der Waals surface area (Å²) in [6, 6.07) is 14.3. The number of methoxy groups -OCH3 is 1. The largest absolute Gasteiger partial charge is 0.493 e. The highest BCUT2D eigenvalue weighted by Crippen LogP contribution is 2.35. The molecule has 11 heteroatoms. The molecule has 0 aliphatic heterocycles. The highest BCUT2D eigenvalue weighted by molar-refractivity contribution is 5.83. The van der Waals surface area contributed by atoms with Crippen molar-refractivity contribution in [2.24, 2.45) is 5.10 Å². The summed E-state index contributed by atoms with van der Waals surface area (Å²) in [5.41, 5.74) is 0.0223. The number of alkyl halides is 3. The lowest BCUT2D eigenvalue weighted by atomic mass is 10.1. The van der Waals surface area contributed by atoms with E-state index in [1.807, 2.05) is 0 Å². The maximum atomic E-state index is 13.5. The molecule has 0 fully saturated rings. The zero-order valence-corrected chi connectivity index (χ0v) is 23.1. The molecule has 0 saturated carbocycles. The van der Waals surface area contributed by atoms with Crippen LogP contribution >= 0.6 is 0 Å². The Hall–Kier alpha value is -4.93. The predicted molar refractivity (Wildman–Crippen MR) is 153 cm³/mol. The van der Waals surface area contributed by atoms with Gasteiger partial charge in [-0.3, -0.25) is 4.79 Å². The van der Waals surface area contributed by atoms with Gasteiger partial charge in [0.05, 0.1) is 36.4 Å². The van der Waals surface area contributed by atoms with Crippen molar-refractivity contribution in [3.63, 3.8) is 0 Å². The summed E-state index contributed by atoms with van der Waals surface area (Å²) in [5, 5.41) is 4.60. The Morgan fingerprint density at radius 3 is 2.60 bits per heavy atom. The Balaban J connectivity index is 1.84. The smallest absolute Gasteiger partial charge is 0.416 e. The van der Waals surface area contributed by atoms with E-state index in [2.05, 4.69) is 16.7 Å². The number of nitrogens with zero attached hydrogens (tertiary/aromatic N) is 3. The number of rotatable bonds is 10. The van der Waals surface area contributed by atoms with Crippen molar-refractivity contribution >= 4 is 23.1 Å². The topological polar surface area (TPSA) is 92.0 Å². The van der Waals surface area contributed by atoms with Crippen molar-refractivity contribution in [3.8, 4) is 22.9 Å². The van der Waals surface area contributed by atoms with Crippen molar-refractivity contribution in [2.75, 3.05) is 13.7 Å². The number of hydrogen-bond donors (Lipinski definition) is 0. The SMILES string of the molecule is C=CCc1cc(C=Nn2c(-c3cccc(C(F)(F)F)c3)nc3ccccc3c2=O)cc(OC)c1O[C@H](C)C(=O)OCC. The number of hydrogen-bond acceptors (Lipinski definition) is 7. The van der Waals surface area contributed by atoms with Crippen molar-refractivity contribution in [1.82, 2.24) is 9.66 Å². The van der Waals surface area contributed by atoms with Gasteiger partial charge in [-0.15, -0.1) is 6.58 Å². The number of benzene rings is 3. The van der Waals surface area contributed by atoms with Crippen LogP contribution in [0.5, 0.6) is 11.5 Å². The number of carbonyl (C=O) groups excluding carboxylic acids is 1. The fraction of sp³-hybridized carbons (Fsp3) is 0.226. The van der Waals surface area contributed by atoms with Gasteiger partial charge in [0.15, 0.2) is 23.4 Å². The highest BCUT2D eigenvalue weighted by atomic mass is 19.4. The van der Waals surface area contributed by atoms with E-state index in [9.17, 15) is 22.8 Å². The van der Waals surface area contributed by atoms with Gasteiger partial charge in [-0.25, -0.2) is 9.78 Å². The molecule has 3 aromatic carbocycles. The Morgan fingerprint density at radius 1 is 1.14 bits per heavy atom. The molecule has 0 aliphatic carbocycles. The standard InChI is InChI=1S/C31H28F3N3O5/c1-5-10-21-15-20(16-26(40-4)27(21)42-19(3)30(39)41-6-2)18-35-37-28(22-11-9-12-23(17-22)31(32,33)34)36-25-14-8-7-13-24(25)29(37)38/h5,7-9,11-19H,1,6,10H2,2-4H3/t19-/m1/s1. The van der Waals surface area contributed by atoms with Crippen LogP contribution in [0.1, 0.15) is 30.5 Å². The normalized spacial score (nSPS) is 12.3. The second kappa shape index (κ2) is 12.7. The van der Waals surface area contributed by atoms with Crippen LogP contribution in [-0.2, 0) is 22.1 Å². The molecule has 1 atom stereocenters. The van der Waals surface area contributed by atoms with Gasteiger partial charge >= 0.3 is 12.1 Å². The third-order valence-corrected chi connectivity index (χ3v) is 6.18. The first-order valence-corrected chi connectivity index (χ1v) is 13.0. The number of halogens is 3. The zero-order valence-electron chi connectivity index (χ0n) is 23.1. The van der Waals surface area contributed by atoms with E-state index >= 15 is 0 Å². The third kappa shape index (κ3) is 6.51. The average molecular weight is 580 g/mol. The Morgan fingerprint density at radius 2 is 1.90 bits per heavy atom. The molecule has 1 heterocycles. The van der Waals surface area contributed by atoms with Crippen LogP contribution in [0.25, 0.3) is 22.3 Å². The summed E-state index contributed by atoms with van der Waals surface area (Å²) >= 11 is 0. The number of esters is 1. The molecule has 4 rings (SSSR count). The first-order valence-electron chi connectivity index (χ1n) is 13.0. The molecule has 42 heavy (non-hydrogen) atoms. The van der Waals surface area contributed by atoms with Crippen LogP contribution in [0.3, 0.4) is 0 Å². The molecular weight excluding hydrogens is 551 g/mol. The molecule has 0 saturated heterocycles. The third-order valence-electron chi connectivity index (χ3n) is 6.18. The van der Waals surface area contributed by atoms with Crippen LogP contribution in [0.2, 0.25) is 0 Å². The maximum absolute atomic E-state index is 13.5. The lowest BCUT2D eigenvalue weighted by Crippen LogP contribution is -2.26. The Bertz CT molecular complexity index is 1710. The minimum Gasteiger partial charge on any atom is -0.493 e. The predicted octanol–water partition coefficient (Wildman–Crippen LogP) is 6.03. The van der Waals surface area contributed by atoms with Crippen molar-refractivity contribution in [1.29, 1.82) is 0 Å². The molecule has 0 unspecified atom stereocenters. The molecular formula is C31H28F3N3O5. The fourth-order valence-corrected chi connectivity index (χ4v) is 4.21. The van der Waals surface area contributed by atoms with Crippen LogP contribution in [0.15, 0.2) is 83.2 Å². The van der Waals surface area contributed by atoms with Gasteiger partial charge in [-0.2, -0.15) is 22.9 Å². The number of carbonyl (C=O) groups is 1. The second-order valence-electron chi connectivity index (χ2n) is 9.11. The van der Waals surface area contributed by atoms with Crippen molar-refractivity contribution in [2.45, 2.75) is 32.5 Å². The van der Waals surface area contributed by atoms with E-state index in [-0.39, 0.29) is 29.1 Å². The van der Waals surface area contributed by atoms with E-state index in [1.165, 1.54) is 25.5 Å². The van der Waals surface area contributed by atoms with Gasteiger partial charge in [-0.05, 0) is 62.2 Å². The van der Waals surface area contributed by atoms with E-state index in [0.29, 0.717) is 28.8 Å². The monoisotopic (exact) mass is 579 g/mol. The molecule has 0 aliphatic rings. The van der Waals surface area contributed by atoms with Gasteiger partial charge < -0.3 is 14.2 Å². The number of fused-ring (bicyclic) bond motifs is 1. The van der Waals surface area contributed by atoms with Crippen molar-refractivity contribution < 1.29 is 32.2 Å². The van der Waals surface area contributed by atoms with Crippen LogP contribution in [-0.4, -0.2) is 41.7 Å². The Kier molecular flexibility index (Phi) is 9.09. The lowest BCUT2D eigenvalue weighted by Gasteiger charge is -2.19. The molecule has 0 N–H and O–H groups in total. The number of ether oxygens (including phenoxy) is 3. The summed E-state index contributed by atoms with van der Waals surface area (Å²) in [4.78, 5) is 30.1. The molecule has 0 spiro atoms. The molecule has 4 aromatic rings. The molecule has 0 radical (unpaired) electrons. The van der Waals surface area contributed by atoms with Crippen LogP contribution in [0, 0.1) is 0 Å². The summed E-state index contributed by atoms with van der Waals surface area (Å²) in [6.07, 6.45) is -2.16. The van der Waals surface area contributed by atoms with E-state index in [0.717, 1.165) is 16.8 Å². The number of allylic oxidation sites excluding steroid dienone is 1. The molecule has 8 nitrogen and oxygen atoms in total. The van der Waals surface area contributed by atoms with Gasteiger partial charge in [0.25, 0.3) is 5.56 Å². The van der Waals surface area contributed by atoms with E-state index < -0.39 is 29.4 Å². The summed E-state index contributed by atoms with van der Waals surface area (Å²) in [6.45, 7) is 7.22. The Labute approximate surface area is 239 Å². The summed E-state index contributed by atoms with van der Waals surface area (Å²) < 4.78 is 57.8. The number of aromatic nitrogens is 2. The minimum absolute atomic E-state index is 0.0615. The fourth-order valence-electron chi connectivity index (χ4n) is 4.21. The zero-order chi connectivity index (χ0) is 30.4. The highest BCUT2D eigenvalue weighted by Gasteiger charge is 2.31. The van der Waals surface area contributed by atoms with Gasteiger partial charge in [0, 0.05) is 11.1 Å². The summed E-state index contributed by atoms with van der Waals surface area (Å²) in [5.74, 6) is -0.0130. The van der Waals surface area contributed by atoms with Crippen molar-refractivity contribution in [3.05, 3.63) is 100 Å². The quantitative estimate of drug-likeness (QED) is 0.129. The van der Waals surface area contributed by atoms with E-state index in [1.54, 1.807) is 56.3 Å². The summed E-state index contributed by atoms with van der Waals surface area (Å²) in [7, 11) is 1.43. The molecule has 0 amide bonds. The first kappa shape index (κ1) is 30.0. The molecule has 0 bridgehead atoms. The lowest BCUT2D eigenvalue weighted by molar-refractivity contribution is -0.150. The van der Waals surface area contributed by atoms with Crippen LogP contribution in [0.4, 0.5) is 13.2 Å².